The van der Waals surface area contributed by atoms with E-state index < -0.39 is 5.91 Å². The van der Waals surface area contributed by atoms with Crippen LogP contribution in [0, 0.1) is 0 Å². The second-order valence-corrected chi connectivity index (χ2v) is 7.35. The van der Waals surface area contributed by atoms with Crippen molar-refractivity contribution in [3.8, 4) is 11.6 Å². The molecule has 1 amide bonds. The van der Waals surface area contributed by atoms with E-state index in [9.17, 15) is 9.90 Å². The van der Waals surface area contributed by atoms with Gasteiger partial charge < -0.3 is 14.4 Å². The van der Waals surface area contributed by atoms with Crippen LogP contribution in [0.25, 0.3) is 10.9 Å². The summed E-state index contributed by atoms with van der Waals surface area (Å²) < 4.78 is 7.17. The number of rotatable bonds is 8. The Hall–Kier alpha value is -2.57. The number of benzene rings is 2. The number of fused-ring (bicyclic) bond motifs is 1. The Bertz CT molecular complexity index is 1050. The van der Waals surface area contributed by atoms with Crippen molar-refractivity contribution in [1.82, 2.24) is 4.57 Å². The number of para-hydroxylation sites is 1. The minimum absolute atomic E-state index is 0.000479. The van der Waals surface area contributed by atoms with Crippen LogP contribution in [0.1, 0.15) is 26.2 Å². The molecule has 0 fully saturated rings. The molecule has 0 spiro atoms. The fraction of sp³-hybridized carbons (Fsp3) is 0.286. The SMILES string of the molecule is CCCCCn1c(O)c(N=NC(=O)COc2ccc(Cl)cc2Cl)c2ccccc21. The molecule has 0 aliphatic carbocycles. The van der Waals surface area contributed by atoms with E-state index in [4.69, 9.17) is 27.9 Å². The first-order valence-electron chi connectivity index (χ1n) is 9.34. The average molecular weight is 434 g/mol. The molecule has 0 aliphatic heterocycles. The summed E-state index contributed by atoms with van der Waals surface area (Å²) >= 11 is 11.9. The average Bonchev–Trinajstić information content (AvgIpc) is 2.97. The van der Waals surface area contributed by atoms with Gasteiger partial charge in [-0.1, -0.05) is 61.2 Å². The third kappa shape index (κ3) is 5.08. The molecule has 1 N–H and O–H groups in total. The number of unbranched alkanes of at least 4 members (excludes halogenated alkanes) is 2. The standard InChI is InChI=1S/C21H21Cl2N3O3/c1-2-3-6-11-26-17-8-5-4-7-15(17)20(21(26)28)25-24-19(27)13-29-18-10-9-14(22)12-16(18)23/h4-5,7-10,12,28H,2-3,6,11,13H2,1H3. The first-order valence-corrected chi connectivity index (χ1v) is 10.1. The Morgan fingerprint density at radius 1 is 1.17 bits per heavy atom. The summed E-state index contributed by atoms with van der Waals surface area (Å²) in [5.41, 5.74) is 1.13. The Morgan fingerprint density at radius 2 is 1.97 bits per heavy atom. The molecule has 2 aromatic carbocycles. The molecule has 8 heteroatoms. The fourth-order valence-electron chi connectivity index (χ4n) is 2.98. The van der Waals surface area contributed by atoms with Crippen LogP contribution in [0.4, 0.5) is 5.69 Å². The highest BCUT2D eigenvalue weighted by molar-refractivity contribution is 6.35. The van der Waals surface area contributed by atoms with Gasteiger partial charge >= 0.3 is 5.91 Å². The van der Waals surface area contributed by atoms with Gasteiger partial charge in [0.15, 0.2) is 12.3 Å². The van der Waals surface area contributed by atoms with Crippen LogP contribution in [0.2, 0.25) is 10.0 Å². The molecule has 152 valence electrons. The quantitative estimate of drug-likeness (QED) is 0.323. The molecule has 0 unspecified atom stereocenters. The Kier molecular flexibility index (Phi) is 7.12. The summed E-state index contributed by atoms with van der Waals surface area (Å²) in [5.74, 6) is -0.270. The van der Waals surface area contributed by atoms with E-state index in [0.29, 0.717) is 22.3 Å². The summed E-state index contributed by atoms with van der Waals surface area (Å²) in [4.78, 5) is 12.1. The van der Waals surface area contributed by atoms with Crippen LogP contribution in [0.5, 0.6) is 11.6 Å². The van der Waals surface area contributed by atoms with Crippen molar-refractivity contribution >= 4 is 45.7 Å². The number of aryl methyl sites for hydroxylation is 1. The highest BCUT2D eigenvalue weighted by Gasteiger charge is 2.16. The molecule has 0 saturated heterocycles. The third-order valence-electron chi connectivity index (χ3n) is 4.41. The normalized spacial score (nSPS) is 11.4. The molecule has 0 atom stereocenters. The maximum atomic E-state index is 12.1. The van der Waals surface area contributed by atoms with Gasteiger partial charge in [0.1, 0.15) is 5.75 Å². The summed E-state index contributed by atoms with van der Waals surface area (Å²) in [7, 11) is 0. The van der Waals surface area contributed by atoms with Crippen LogP contribution in [-0.4, -0.2) is 22.2 Å². The number of ether oxygens (including phenoxy) is 1. The zero-order valence-corrected chi connectivity index (χ0v) is 17.5. The molecule has 1 heterocycles. The zero-order chi connectivity index (χ0) is 20.8. The Labute approximate surface area is 178 Å². The summed E-state index contributed by atoms with van der Waals surface area (Å²) in [5, 5.41) is 19.8. The predicted molar refractivity (Wildman–Crippen MR) is 115 cm³/mol. The smallest absolute Gasteiger partial charge is 0.302 e. The van der Waals surface area contributed by atoms with Crippen LogP contribution >= 0.6 is 23.2 Å². The molecular weight excluding hydrogens is 413 g/mol. The highest BCUT2D eigenvalue weighted by atomic mass is 35.5. The van der Waals surface area contributed by atoms with E-state index in [-0.39, 0.29) is 18.2 Å². The van der Waals surface area contributed by atoms with Crippen molar-refractivity contribution in [3.63, 3.8) is 0 Å². The minimum atomic E-state index is -0.599. The van der Waals surface area contributed by atoms with E-state index in [2.05, 4.69) is 17.2 Å². The maximum Gasteiger partial charge on any atom is 0.302 e. The van der Waals surface area contributed by atoms with Crippen LogP contribution in [0.3, 0.4) is 0 Å². The van der Waals surface area contributed by atoms with E-state index in [0.717, 1.165) is 30.2 Å². The zero-order valence-electron chi connectivity index (χ0n) is 15.9. The van der Waals surface area contributed by atoms with Crippen molar-refractivity contribution in [2.75, 3.05) is 6.61 Å². The number of nitrogens with zero attached hydrogens (tertiary/aromatic N) is 3. The number of amides is 1. The lowest BCUT2D eigenvalue weighted by Crippen LogP contribution is -2.08. The molecule has 6 nitrogen and oxygen atoms in total. The molecule has 0 radical (unpaired) electrons. The Morgan fingerprint density at radius 3 is 2.72 bits per heavy atom. The molecule has 0 bridgehead atoms. The topological polar surface area (TPSA) is 76.2 Å². The second-order valence-electron chi connectivity index (χ2n) is 6.51. The number of azo groups is 1. The number of aromatic hydroxyl groups is 1. The summed E-state index contributed by atoms with van der Waals surface area (Å²) in [6.07, 6.45) is 3.08. The minimum Gasteiger partial charge on any atom is -0.493 e. The van der Waals surface area contributed by atoms with Gasteiger partial charge in [-0.05, 0) is 30.7 Å². The van der Waals surface area contributed by atoms with E-state index in [1.807, 2.05) is 24.3 Å². The predicted octanol–water partition coefficient (Wildman–Crippen LogP) is 6.53. The van der Waals surface area contributed by atoms with Gasteiger partial charge in [-0.25, -0.2) is 0 Å². The molecule has 0 aliphatic rings. The van der Waals surface area contributed by atoms with Gasteiger partial charge in [-0.15, -0.1) is 10.2 Å². The summed E-state index contributed by atoms with van der Waals surface area (Å²) in [6.45, 7) is 2.46. The lowest BCUT2D eigenvalue weighted by Gasteiger charge is -2.06. The van der Waals surface area contributed by atoms with Crippen molar-refractivity contribution in [1.29, 1.82) is 0 Å². The molecule has 1 aromatic heterocycles. The van der Waals surface area contributed by atoms with Gasteiger partial charge in [0.05, 0.1) is 10.5 Å². The maximum absolute atomic E-state index is 12.1. The van der Waals surface area contributed by atoms with Crippen molar-refractivity contribution < 1.29 is 14.6 Å². The van der Waals surface area contributed by atoms with Crippen LogP contribution < -0.4 is 4.74 Å². The lowest BCUT2D eigenvalue weighted by molar-refractivity contribution is -0.120. The van der Waals surface area contributed by atoms with Crippen molar-refractivity contribution in [2.45, 2.75) is 32.7 Å². The fourth-order valence-corrected chi connectivity index (χ4v) is 3.45. The molecule has 29 heavy (non-hydrogen) atoms. The largest absolute Gasteiger partial charge is 0.493 e. The number of hydrogen-bond acceptors (Lipinski definition) is 4. The number of carbonyl (C=O) groups is 1. The summed E-state index contributed by atoms with van der Waals surface area (Å²) in [6, 6.07) is 12.2. The van der Waals surface area contributed by atoms with Gasteiger partial charge in [-0.2, -0.15) is 0 Å². The number of aromatic nitrogens is 1. The van der Waals surface area contributed by atoms with Gasteiger partial charge in [0.2, 0.25) is 5.88 Å². The molecule has 3 rings (SSSR count). The third-order valence-corrected chi connectivity index (χ3v) is 4.94. The van der Waals surface area contributed by atoms with E-state index in [1.54, 1.807) is 16.7 Å². The number of hydrogen-bond donors (Lipinski definition) is 1. The second kappa shape index (κ2) is 9.76. The van der Waals surface area contributed by atoms with Crippen molar-refractivity contribution in [2.24, 2.45) is 10.2 Å². The van der Waals surface area contributed by atoms with Gasteiger partial charge in [0.25, 0.3) is 0 Å². The van der Waals surface area contributed by atoms with Crippen molar-refractivity contribution in [3.05, 3.63) is 52.5 Å². The first-order chi connectivity index (χ1) is 14.0. The first kappa shape index (κ1) is 21.1. The van der Waals surface area contributed by atoms with Gasteiger partial charge in [0, 0.05) is 17.0 Å². The van der Waals surface area contributed by atoms with Gasteiger partial charge in [-0.3, -0.25) is 4.79 Å². The Balaban J connectivity index is 1.75. The van der Waals surface area contributed by atoms with E-state index in [1.165, 1.54) is 6.07 Å². The number of carbonyl (C=O) groups excluding carboxylic acids is 1. The highest BCUT2D eigenvalue weighted by Crippen LogP contribution is 2.39. The molecule has 0 saturated carbocycles. The lowest BCUT2D eigenvalue weighted by atomic mass is 10.2. The molecular formula is C21H21Cl2N3O3. The van der Waals surface area contributed by atoms with Crippen LogP contribution in [-0.2, 0) is 11.3 Å². The van der Waals surface area contributed by atoms with Crippen LogP contribution in [0.15, 0.2) is 52.7 Å². The monoisotopic (exact) mass is 433 g/mol. The van der Waals surface area contributed by atoms with E-state index >= 15 is 0 Å². The number of halogens is 2. The molecule has 3 aromatic rings.